The van der Waals surface area contributed by atoms with Crippen molar-refractivity contribution in [1.82, 2.24) is 15.3 Å². The van der Waals surface area contributed by atoms with Crippen molar-refractivity contribution in [3.05, 3.63) is 11.9 Å². The fourth-order valence-corrected chi connectivity index (χ4v) is 1.87. The molecule has 0 bridgehead atoms. The first-order chi connectivity index (χ1) is 9.17. The summed E-state index contributed by atoms with van der Waals surface area (Å²) in [5.74, 6) is 2.98. The maximum atomic E-state index is 11.5. The number of nitrogens with one attached hydrogen (secondary N) is 2. The van der Waals surface area contributed by atoms with E-state index in [0.717, 1.165) is 36.8 Å². The first kappa shape index (κ1) is 13.6. The molecule has 2 rings (SSSR count). The molecule has 0 radical (unpaired) electrons. The van der Waals surface area contributed by atoms with Crippen molar-refractivity contribution in [2.75, 3.05) is 37.4 Å². The van der Waals surface area contributed by atoms with Crippen molar-refractivity contribution in [1.29, 1.82) is 0 Å². The Balaban J connectivity index is 2.24. The van der Waals surface area contributed by atoms with Gasteiger partial charge in [0.2, 0.25) is 5.91 Å². The Hall–Kier alpha value is -1.85. The van der Waals surface area contributed by atoms with Gasteiger partial charge in [0.1, 0.15) is 17.5 Å². The van der Waals surface area contributed by atoms with Crippen LogP contribution in [-0.4, -0.2) is 43.1 Å². The highest BCUT2D eigenvalue weighted by atomic mass is 16.1. The number of carbonyl (C=O) groups excluding carboxylic acids is 1. The van der Waals surface area contributed by atoms with Crippen LogP contribution >= 0.6 is 0 Å². The van der Waals surface area contributed by atoms with Gasteiger partial charge in [-0.25, -0.2) is 9.97 Å². The lowest BCUT2D eigenvalue weighted by Crippen LogP contribution is -2.36. The molecule has 1 fully saturated rings. The second-order valence-corrected chi connectivity index (χ2v) is 4.68. The van der Waals surface area contributed by atoms with Gasteiger partial charge in [-0.05, 0) is 19.8 Å². The molecule has 0 unspecified atom stereocenters. The summed E-state index contributed by atoms with van der Waals surface area (Å²) in [5, 5.41) is 5.70. The van der Waals surface area contributed by atoms with E-state index >= 15 is 0 Å². The Labute approximate surface area is 113 Å². The van der Waals surface area contributed by atoms with E-state index in [9.17, 15) is 4.79 Å². The Morgan fingerprint density at radius 2 is 2.16 bits per heavy atom. The number of hydrogen-bond donors (Lipinski definition) is 2. The molecule has 0 saturated heterocycles. The molecule has 1 saturated carbocycles. The van der Waals surface area contributed by atoms with Crippen LogP contribution < -0.4 is 15.5 Å². The third kappa shape index (κ3) is 3.33. The van der Waals surface area contributed by atoms with Gasteiger partial charge in [0.25, 0.3) is 0 Å². The Morgan fingerprint density at radius 3 is 2.68 bits per heavy atom. The molecule has 19 heavy (non-hydrogen) atoms. The van der Waals surface area contributed by atoms with E-state index in [2.05, 4.69) is 20.6 Å². The molecule has 1 heterocycles. The van der Waals surface area contributed by atoms with Crippen molar-refractivity contribution in [3.63, 3.8) is 0 Å². The number of aromatic nitrogens is 2. The average Bonchev–Trinajstić information content (AvgIpc) is 3.28. The summed E-state index contributed by atoms with van der Waals surface area (Å²) in [7, 11) is 3.49. The minimum atomic E-state index is -0.0144. The molecule has 0 atom stereocenters. The molecule has 6 nitrogen and oxygen atoms in total. The van der Waals surface area contributed by atoms with E-state index < -0.39 is 0 Å². The zero-order valence-corrected chi connectivity index (χ0v) is 11.7. The minimum absolute atomic E-state index is 0.0144. The van der Waals surface area contributed by atoms with Crippen molar-refractivity contribution >= 4 is 17.5 Å². The zero-order chi connectivity index (χ0) is 13.8. The molecular weight excluding hydrogens is 242 g/mol. The van der Waals surface area contributed by atoms with Crippen LogP contribution in [0, 0.1) is 0 Å². The maximum Gasteiger partial charge on any atom is 0.239 e. The standard InChI is InChI=1S/C13H21N5O/c1-4-18(8-12(19)15-3)11-7-10(14-2)16-13(17-11)9-5-6-9/h7,9H,4-6,8H2,1-3H3,(H,15,19)(H,14,16,17). The smallest absolute Gasteiger partial charge is 0.239 e. The highest BCUT2D eigenvalue weighted by molar-refractivity contribution is 5.80. The molecule has 0 aliphatic heterocycles. The van der Waals surface area contributed by atoms with Gasteiger partial charge >= 0.3 is 0 Å². The van der Waals surface area contributed by atoms with Crippen LogP contribution in [0.15, 0.2) is 6.07 Å². The molecule has 104 valence electrons. The lowest BCUT2D eigenvalue weighted by Gasteiger charge is -2.22. The summed E-state index contributed by atoms with van der Waals surface area (Å²) in [6.07, 6.45) is 2.32. The third-order valence-corrected chi connectivity index (χ3v) is 3.25. The molecule has 0 aromatic carbocycles. The number of nitrogens with zero attached hydrogens (tertiary/aromatic N) is 3. The number of carbonyl (C=O) groups is 1. The minimum Gasteiger partial charge on any atom is -0.373 e. The predicted octanol–water partition coefficient (Wildman–Crippen LogP) is 0.968. The SMILES string of the molecule is CCN(CC(=O)NC)c1cc(NC)nc(C2CC2)n1. The molecule has 1 amide bonds. The van der Waals surface area contributed by atoms with Crippen molar-refractivity contribution in [2.45, 2.75) is 25.7 Å². The molecule has 1 aliphatic rings. The van der Waals surface area contributed by atoms with Gasteiger partial charge in [-0.3, -0.25) is 4.79 Å². The van der Waals surface area contributed by atoms with E-state index in [0.29, 0.717) is 12.5 Å². The summed E-state index contributed by atoms with van der Waals surface area (Å²) < 4.78 is 0. The van der Waals surface area contributed by atoms with Gasteiger partial charge in [0.05, 0.1) is 6.54 Å². The maximum absolute atomic E-state index is 11.5. The Morgan fingerprint density at radius 1 is 1.42 bits per heavy atom. The van der Waals surface area contributed by atoms with Crippen LogP contribution in [0.25, 0.3) is 0 Å². The van der Waals surface area contributed by atoms with Crippen LogP contribution in [0.3, 0.4) is 0 Å². The van der Waals surface area contributed by atoms with E-state index in [1.165, 1.54) is 0 Å². The van der Waals surface area contributed by atoms with E-state index in [1.807, 2.05) is 24.9 Å². The quantitative estimate of drug-likeness (QED) is 0.800. The first-order valence-electron chi connectivity index (χ1n) is 6.70. The number of amides is 1. The lowest BCUT2D eigenvalue weighted by molar-refractivity contribution is -0.119. The van der Waals surface area contributed by atoms with Crippen molar-refractivity contribution < 1.29 is 4.79 Å². The highest BCUT2D eigenvalue weighted by Crippen LogP contribution is 2.39. The predicted molar refractivity (Wildman–Crippen MR) is 75.5 cm³/mol. The van der Waals surface area contributed by atoms with E-state index in [4.69, 9.17) is 0 Å². The van der Waals surface area contributed by atoms with Crippen molar-refractivity contribution in [2.24, 2.45) is 0 Å². The summed E-state index contributed by atoms with van der Waals surface area (Å²) in [6.45, 7) is 3.07. The molecule has 1 aromatic rings. The number of rotatable bonds is 6. The molecule has 6 heteroatoms. The van der Waals surface area contributed by atoms with Crippen LogP contribution in [0.4, 0.5) is 11.6 Å². The van der Waals surface area contributed by atoms with Gasteiger partial charge in [-0.1, -0.05) is 0 Å². The summed E-state index contributed by atoms with van der Waals surface area (Å²) >= 11 is 0. The number of hydrogen-bond acceptors (Lipinski definition) is 5. The van der Waals surface area contributed by atoms with Gasteiger partial charge in [-0.2, -0.15) is 0 Å². The van der Waals surface area contributed by atoms with Crippen LogP contribution in [-0.2, 0) is 4.79 Å². The van der Waals surface area contributed by atoms with E-state index in [-0.39, 0.29) is 5.91 Å². The fourth-order valence-electron chi connectivity index (χ4n) is 1.87. The number of likely N-dealkylation sites (N-methyl/N-ethyl adjacent to an activating group) is 2. The second kappa shape index (κ2) is 5.86. The summed E-state index contributed by atoms with van der Waals surface area (Å²) in [5.41, 5.74) is 0. The fraction of sp³-hybridized carbons (Fsp3) is 0.615. The van der Waals surface area contributed by atoms with Crippen LogP contribution in [0.5, 0.6) is 0 Å². The van der Waals surface area contributed by atoms with Crippen LogP contribution in [0.2, 0.25) is 0 Å². The van der Waals surface area contributed by atoms with Gasteiger partial charge in [-0.15, -0.1) is 0 Å². The van der Waals surface area contributed by atoms with Crippen molar-refractivity contribution in [3.8, 4) is 0 Å². The molecule has 1 aliphatic carbocycles. The van der Waals surface area contributed by atoms with Gasteiger partial charge in [0.15, 0.2) is 0 Å². The number of anilines is 2. The summed E-state index contributed by atoms with van der Waals surface area (Å²) in [4.78, 5) is 22.6. The lowest BCUT2D eigenvalue weighted by atomic mass is 10.3. The average molecular weight is 263 g/mol. The second-order valence-electron chi connectivity index (χ2n) is 4.68. The van der Waals surface area contributed by atoms with Gasteiger partial charge < -0.3 is 15.5 Å². The topological polar surface area (TPSA) is 70.2 Å². The first-order valence-corrected chi connectivity index (χ1v) is 6.70. The molecule has 2 N–H and O–H groups in total. The van der Waals surface area contributed by atoms with Crippen LogP contribution in [0.1, 0.15) is 31.5 Å². The molecular formula is C13H21N5O. The van der Waals surface area contributed by atoms with Gasteiger partial charge in [0, 0.05) is 32.6 Å². The normalized spacial score (nSPS) is 14.1. The zero-order valence-electron chi connectivity index (χ0n) is 11.7. The molecule has 0 spiro atoms. The molecule has 1 aromatic heterocycles. The largest absolute Gasteiger partial charge is 0.373 e. The summed E-state index contributed by atoms with van der Waals surface area (Å²) in [6, 6.07) is 1.89. The third-order valence-electron chi connectivity index (χ3n) is 3.25. The Kier molecular flexibility index (Phi) is 4.19. The monoisotopic (exact) mass is 263 g/mol. The highest BCUT2D eigenvalue weighted by Gasteiger charge is 2.28. The Bertz CT molecular complexity index is 458. The van der Waals surface area contributed by atoms with E-state index in [1.54, 1.807) is 7.05 Å².